The molecule has 1 aromatic carbocycles. The topological polar surface area (TPSA) is 60.1 Å². The van der Waals surface area contributed by atoms with Gasteiger partial charge in [-0.2, -0.15) is 0 Å². The fraction of sp³-hybridized carbons (Fsp3) is 0.176. The molecule has 0 aliphatic rings. The molecule has 1 N–H and O–H groups in total. The third-order valence-electron chi connectivity index (χ3n) is 3.38. The van der Waals surface area contributed by atoms with Gasteiger partial charge in [0.05, 0.1) is 12.6 Å². The Balaban J connectivity index is 1.72. The highest BCUT2D eigenvalue weighted by Gasteiger charge is 2.18. The minimum absolute atomic E-state index is 0.0320. The first kappa shape index (κ1) is 14.1. The summed E-state index contributed by atoms with van der Waals surface area (Å²) in [7, 11) is 0. The molecule has 0 unspecified atom stereocenters. The SMILES string of the molecule is C[C@@H](Cn1ccnc1)NC(=O)c1occc1-c1ccccc1. The fourth-order valence-electron chi connectivity index (χ4n) is 2.38. The molecule has 0 aliphatic heterocycles. The molecule has 5 heteroatoms. The molecule has 0 spiro atoms. The van der Waals surface area contributed by atoms with Crippen molar-refractivity contribution in [1.29, 1.82) is 0 Å². The van der Waals surface area contributed by atoms with E-state index in [1.54, 1.807) is 12.5 Å². The molecule has 3 aromatic rings. The number of imidazole rings is 1. The predicted molar refractivity (Wildman–Crippen MR) is 83.3 cm³/mol. The Bertz CT molecular complexity index is 732. The van der Waals surface area contributed by atoms with Crippen LogP contribution in [0.15, 0.2) is 65.8 Å². The second kappa shape index (κ2) is 6.30. The maximum atomic E-state index is 12.4. The lowest BCUT2D eigenvalue weighted by Crippen LogP contribution is -2.35. The first-order valence-electron chi connectivity index (χ1n) is 7.13. The van der Waals surface area contributed by atoms with E-state index in [2.05, 4.69) is 10.3 Å². The van der Waals surface area contributed by atoms with Crippen molar-refractivity contribution in [2.45, 2.75) is 19.5 Å². The van der Waals surface area contributed by atoms with Gasteiger partial charge in [0.25, 0.3) is 5.91 Å². The van der Waals surface area contributed by atoms with Gasteiger partial charge < -0.3 is 14.3 Å². The molecule has 3 rings (SSSR count). The second-order valence-corrected chi connectivity index (χ2v) is 5.16. The normalized spacial score (nSPS) is 12.0. The van der Waals surface area contributed by atoms with Crippen LogP contribution in [-0.4, -0.2) is 21.5 Å². The second-order valence-electron chi connectivity index (χ2n) is 5.16. The van der Waals surface area contributed by atoms with Gasteiger partial charge in [0, 0.05) is 30.5 Å². The van der Waals surface area contributed by atoms with E-state index >= 15 is 0 Å². The third-order valence-corrected chi connectivity index (χ3v) is 3.38. The predicted octanol–water partition coefficient (Wildman–Crippen LogP) is 2.96. The molecule has 2 heterocycles. The summed E-state index contributed by atoms with van der Waals surface area (Å²) in [5.41, 5.74) is 1.76. The van der Waals surface area contributed by atoms with Crippen LogP contribution in [0, 0.1) is 0 Å². The van der Waals surface area contributed by atoms with Gasteiger partial charge in [0.1, 0.15) is 0 Å². The van der Waals surface area contributed by atoms with E-state index in [4.69, 9.17) is 4.42 Å². The molecule has 0 saturated heterocycles. The van der Waals surface area contributed by atoms with E-state index in [0.717, 1.165) is 11.1 Å². The summed E-state index contributed by atoms with van der Waals surface area (Å²) in [6.45, 7) is 2.61. The van der Waals surface area contributed by atoms with Crippen LogP contribution in [0.5, 0.6) is 0 Å². The average Bonchev–Trinajstić information content (AvgIpc) is 3.18. The molecule has 1 amide bonds. The summed E-state index contributed by atoms with van der Waals surface area (Å²) in [6, 6.07) is 11.5. The molecule has 0 fully saturated rings. The van der Waals surface area contributed by atoms with E-state index in [1.165, 1.54) is 6.26 Å². The van der Waals surface area contributed by atoms with Gasteiger partial charge in [-0.3, -0.25) is 4.79 Å². The van der Waals surface area contributed by atoms with E-state index in [-0.39, 0.29) is 11.9 Å². The number of carbonyl (C=O) groups excluding carboxylic acids is 1. The Morgan fingerprint density at radius 3 is 2.86 bits per heavy atom. The van der Waals surface area contributed by atoms with Crippen molar-refractivity contribution in [1.82, 2.24) is 14.9 Å². The average molecular weight is 295 g/mol. The van der Waals surface area contributed by atoms with Crippen molar-refractivity contribution >= 4 is 5.91 Å². The van der Waals surface area contributed by atoms with Gasteiger partial charge in [-0.25, -0.2) is 4.98 Å². The van der Waals surface area contributed by atoms with E-state index < -0.39 is 0 Å². The molecule has 0 bridgehead atoms. The van der Waals surface area contributed by atoms with Crippen molar-refractivity contribution in [3.63, 3.8) is 0 Å². The van der Waals surface area contributed by atoms with Crippen LogP contribution >= 0.6 is 0 Å². The zero-order valence-electron chi connectivity index (χ0n) is 12.3. The van der Waals surface area contributed by atoms with Crippen molar-refractivity contribution in [3.05, 3.63) is 67.1 Å². The van der Waals surface area contributed by atoms with Crippen LogP contribution in [0.3, 0.4) is 0 Å². The van der Waals surface area contributed by atoms with Crippen LogP contribution in [-0.2, 0) is 6.54 Å². The van der Waals surface area contributed by atoms with Gasteiger partial charge in [-0.1, -0.05) is 30.3 Å². The lowest BCUT2D eigenvalue weighted by Gasteiger charge is -2.14. The zero-order chi connectivity index (χ0) is 15.4. The molecule has 22 heavy (non-hydrogen) atoms. The van der Waals surface area contributed by atoms with E-state index in [1.807, 2.05) is 54.1 Å². The molecular weight excluding hydrogens is 278 g/mol. The smallest absolute Gasteiger partial charge is 0.287 e. The minimum atomic E-state index is -0.212. The summed E-state index contributed by atoms with van der Waals surface area (Å²) in [6.07, 6.45) is 6.85. The summed E-state index contributed by atoms with van der Waals surface area (Å²) >= 11 is 0. The van der Waals surface area contributed by atoms with Crippen LogP contribution in [0.4, 0.5) is 0 Å². The highest BCUT2D eigenvalue weighted by molar-refractivity contribution is 5.98. The minimum Gasteiger partial charge on any atom is -0.459 e. The summed E-state index contributed by atoms with van der Waals surface area (Å²) < 4.78 is 7.31. The fourth-order valence-corrected chi connectivity index (χ4v) is 2.38. The largest absolute Gasteiger partial charge is 0.459 e. The molecular formula is C17H17N3O2. The standard InChI is InChI=1S/C17H17N3O2/c1-13(11-20-9-8-18-12-20)19-17(21)16-15(7-10-22-16)14-5-3-2-4-6-14/h2-10,12-13H,11H2,1H3,(H,19,21)/t13-/m0/s1. The summed E-state index contributed by atoms with van der Waals surface area (Å²) in [4.78, 5) is 16.4. The number of nitrogens with zero attached hydrogens (tertiary/aromatic N) is 2. The number of amides is 1. The number of furan rings is 1. The Hall–Kier alpha value is -2.82. The quantitative estimate of drug-likeness (QED) is 0.787. The molecule has 0 radical (unpaired) electrons. The number of aromatic nitrogens is 2. The molecule has 5 nitrogen and oxygen atoms in total. The Morgan fingerprint density at radius 1 is 1.32 bits per heavy atom. The molecule has 1 atom stereocenters. The lowest BCUT2D eigenvalue weighted by atomic mass is 10.1. The Kier molecular flexibility index (Phi) is 4.05. The van der Waals surface area contributed by atoms with Gasteiger partial charge in [-0.15, -0.1) is 0 Å². The number of hydrogen-bond donors (Lipinski definition) is 1. The molecule has 0 saturated carbocycles. The van der Waals surface area contributed by atoms with Gasteiger partial charge in [0.15, 0.2) is 5.76 Å². The first-order chi connectivity index (χ1) is 10.7. The van der Waals surface area contributed by atoms with Gasteiger partial charge in [0.2, 0.25) is 0 Å². The Morgan fingerprint density at radius 2 is 2.14 bits per heavy atom. The number of hydrogen-bond acceptors (Lipinski definition) is 3. The van der Waals surface area contributed by atoms with Crippen LogP contribution in [0.1, 0.15) is 17.5 Å². The van der Waals surface area contributed by atoms with Crippen molar-refractivity contribution in [2.24, 2.45) is 0 Å². The van der Waals surface area contributed by atoms with Crippen LogP contribution < -0.4 is 5.32 Å². The Labute approximate surface area is 128 Å². The highest BCUT2D eigenvalue weighted by atomic mass is 16.3. The van der Waals surface area contributed by atoms with Gasteiger partial charge >= 0.3 is 0 Å². The highest BCUT2D eigenvalue weighted by Crippen LogP contribution is 2.24. The number of nitrogens with one attached hydrogen (secondary N) is 1. The summed E-state index contributed by atoms with van der Waals surface area (Å²) in [5.74, 6) is 0.125. The van der Waals surface area contributed by atoms with Crippen molar-refractivity contribution < 1.29 is 9.21 Å². The zero-order valence-corrected chi connectivity index (χ0v) is 12.3. The first-order valence-corrected chi connectivity index (χ1v) is 7.13. The number of rotatable bonds is 5. The number of benzene rings is 1. The summed E-state index contributed by atoms with van der Waals surface area (Å²) in [5, 5.41) is 2.95. The maximum Gasteiger partial charge on any atom is 0.287 e. The van der Waals surface area contributed by atoms with E-state index in [0.29, 0.717) is 12.3 Å². The van der Waals surface area contributed by atoms with Crippen molar-refractivity contribution in [2.75, 3.05) is 0 Å². The van der Waals surface area contributed by atoms with Gasteiger partial charge in [-0.05, 0) is 18.6 Å². The van der Waals surface area contributed by atoms with Crippen molar-refractivity contribution in [3.8, 4) is 11.1 Å². The van der Waals surface area contributed by atoms with Crippen LogP contribution in [0.2, 0.25) is 0 Å². The monoisotopic (exact) mass is 295 g/mol. The lowest BCUT2D eigenvalue weighted by molar-refractivity contribution is 0.0909. The number of carbonyl (C=O) groups is 1. The molecule has 112 valence electrons. The molecule has 2 aromatic heterocycles. The van der Waals surface area contributed by atoms with Crippen LogP contribution in [0.25, 0.3) is 11.1 Å². The maximum absolute atomic E-state index is 12.4. The van der Waals surface area contributed by atoms with E-state index in [9.17, 15) is 4.79 Å². The molecule has 0 aliphatic carbocycles. The third kappa shape index (κ3) is 3.09.